The number of alkyl halides is 21. The molecule has 0 fully saturated rings. The van der Waals surface area contributed by atoms with Crippen molar-refractivity contribution < 1.29 is 105 Å². The van der Waals surface area contributed by atoms with Crippen LogP contribution in [0.2, 0.25) is 0 Å². The third-order valence-electron chi connectivity index (χ3n) is 3.28. The number of hydrogen-bond acceptors (Lipinski definition) is 3. The van der Waals surface area contributed by atoms with Crippen LogP contribution in [-0.2, 0) is 13.3 Å². The molecule has 0 rings (SSSR count). The summed E-state index contributed by atoms with van der Waals surface area (Å²) in [6.07, 6.45) is -52.2. The standard InChI is InChI=1S/C12H7F21O3Si/c13-4(14,1-7(19,20)21)10(28,29)34-37(35-11(30,31)5(15,16)2-8(22,23)24)36-12(32,33)6(17,18)3-9(25,26)27/h37H,1-3H2. The molecule has 0 heterocycles. The summed E-state index contributed by atoms with van der Waals surface area (Å²) in [7, 11) is -7.40. The lowest BCUT2D eigenvalue weighted by Crippen LogP contribution is -2.58. The Hall–Kier alpha value is -1.37. The van der Waals surface area contributed by atoms with Crippen LogP contribution < -0.4 is 0 Å². The Kier molecular flexibility index (Phi) is 9.93. The van der Waals surface area contributed by atoms with Crippen molar-refractivity contribution in [3.05, 3.63) is 0 Å². The molecule has 37 heavy (non-hydrogen) atoms. The third-order valence-corrected chi connectivity index (χ3v) is 4.74. The normalized spacial score (nSPS) is 16.1. The molecular formula is C12H7F21O3Si. The van der Waals surface area contributed by atoms with E-state index in [1.807, 2.05) is 0 Å². The Morgan fingerprint density at radius 3 is 0.622 bits per heavy atom. The van der Waals surface area contributed by atoms with Gasteiger partial charge in [-0.2, -0.15) is 92.2 Å². The monoisotopic (exact) mass is 626 g/mol. The van der Waals surface area contributed by atoms with Crippen LogP contribution in [0.5, 0.6) is 0 Å². The Bertz CT molecular complexity index is 653. The Balaban J connectivity index is 6.44. The van der Waals surface area contributed by atoms with E-state index >= 15 is 0 Å². The quantitative estimate of drug-likeness (QED) is 0.168. The molecule has 0 radical (unpaired) electrons. The molecule has 25 heteroatoms. The van der Waals surface area contributed by atoms with E-state index in [1.54, 1.807) is 0 Å². The molecule has 0 bridgehead atoms. The van der Waals surface area contributed by atoms with Crippen LogP contribution in [0.25, 0.3) is 0 Å². The average Bonchev–Trinajstić information content (AvgIpc) is 2.45. The first-order valence-corrected chi connectivity index (χ1v) is 9.57. The molecule has 0 amide bonds. The van der Waals surface area contributed by atoms with Gasteiger partial charge in [-0.25, -0.2) is 0 Å². The van der Waals surface area contributed by atoms with Gasteiger partial charge in [0, 0.05) is 0 Å². The molecule has 0 N–H and O–H groups in total. The SMILES string of the molecule is FC(F)(F)CC(F)(F)C(F)(F)O[SiH](OC(F)(F)C(F)(F)CC(F)(F)F)OC(F)(F)C(F)(F)CC(F)(F)F. The Morgan fingerprint density at radius 1 is 0.324 bits per heavy atom. The van der Waals surface area contributed by atoms with Crippen molar-refractivity contribution in [2.45, 2.75) is 73.9 Å². The van der Waals surface area contributed by atoms with E-state index in [1.165, 1.54) is 0 Å². The minimum absolute atomic E-state index is 2.29. The summed E-state index contributed by atoms with van der Waals surface area (Å²) in [5.41, 5.74) is 0. The summed E-state index contributed by atoms with van der Waals surface area (Å²) in [6, 6.07) is 0. The van der Waals surface area contributed by atoms with Gasteiger partial charge in [0.1, 0.15) is 19.3 Å². The number of rotatable bonds is 12. The van der Waals surface area contributed by atoms with Crippen LogP contribution in [0.1, 0.15) is 19.3 Å². The topological polar surface area (TPSA) is 27.7 Å². The van der Waals surface area contributed by atoms with Crippen molar-refractivity contribution in [2.24, 2.45) is 0 Å². The molecule has 3 nitrogen and oxygen atoms in total. The molecule has 0 aromatic heterocycles. The highest BCUT2D eigenvalue weighted by Crippen LogP contribution is 2.49. The molecule has 0 saturated heterocycles. The minimum Gasteiger partial charge on any atom is -0.311 e. The van der Waals surface area contributed by atoms with Crippen molar-refractivity contribution in [1.82, 2.24) is 0 Å². The van der Waals surface area contributed by atoms with Crippen LogP contribution in [-0.4, -0.2) is 64.1 Å². The van der Waals surface area contributed by atoms with Crippen LogP contribution in [0.4, 0.5) is 92.2 Å². The smallest absolute Gasteiger partial charge is 0.311 e. The van der Waals surface area contributed by atoms with Crippen molar-refractivity contribution >= 4 is 9.53 Å². The molecule has 0 atom stereocenters. The minimum atomic E-state index is -7.40. The summed E-state index contributed by atoms with van der Waals surface area (Å²) in [5.74, 6) is -20.2. The highest BCUT2D eigenvalue weighted by molar-refractivity contribution is 6.36. The van der Waals surface area contributed by atoms with Gasteiger partial charge in [-0.1, -0.05) is 0 Å². The maximum Gasteiger partial charge on any atom is 0.497 e. The van der Waals surface area contributed by atoms with Crippen LogP contribution in [0, 0.1) is 0 Å². The van der Waals surface area contributed by atoms with Gasteiger partial charge in [-0.05, 0) is 0 Å². The molecule has 0 unspecified atom stereocenters. The molecule has 0 aliphatic heterocycles. The lowest BCUT2D eigenvalue weighted by molar-refractivity contribution is -0.390. The zero-order chi connectivity index (χ0) is 30.3. The van der Waals surface area contributed by atoms with E-state index in [2.05, 4.69) is 13.3 Å². The van der Waals surface area contributed by atoms with Crippen LogP contribution >= 0.6 is 0 Å². The first-order chi connectivity index (χ1) is 15.7. The van der Waals surface area contributed by atoms with Gasteiger partial charge in [-0.3, -0.25) is 0 Å². The van der Waals surface area contributed by atoms with Gasteiger partial charge < -0.3 is 13.3 Å². The number of halogens is 21. The second kappa shape index (κ2) is 10.3. The molecular weight excluding hydrogens is 619 g/mol. The highest BCUT2D eigenvalue weighted by Gasteiger charge is 2.70. The van der Waals surface area contributed by atoms with E-state index in [4.69, 9.17) is 0 Å². The van der Waals surface area contributed by atoms with Crippen LogP contribution in [0.15, 0.2) is 0 Å². The van der Waals surface area contributed by atoms with Crippen LogP contribution in [0.3, 0.4) is 0 Å². The van der Waals surface area contributed by atoms with E-state index < -0.39 is 83.4 Å². The van der Waals surface area contributed by atoms with E-state index in [0.717, 1.165) is 0 Å². The molecule has 0 saturated carbocycles. The van der Waals surface area contributed by atoms with Crippen molar-refractivity contribution in [2.75, 3.05) is 0 Å². The van der Waals surface area contributed by atoms with Gasteiger partial charge in [0.2, 0.25) is 0 Å². The average molecular weight is 626 g/mol. The van der Waals surface area contributed by atoms with Gasteiger partial charge in [0.05, 0.1) is 0 Å². The van der Waals surface area contributed by atoms with Gasteiger partial charge >= 0.3 is 64.1 Å². The van der Waals surface area contributed by atoms with Crippen molar-refractivity contribution in [3.63, 3.8) is 0 Å². The second-order valence-electron chi connectivity index (χ2n) is 6.68. The number of hydrogen-bond donors (Lipinski definition) is 0. The van der Waals surface area contributed by atoms with E-state index in [9.17, 15) is 92.2 Å². The maximum atomic E-state index is 13.4. The predicted molar refractivity (Wildman–Crippen MR) is 72.1 cm³/mol. The molecule has 0 spiro atoms. The largest absolute Gasteiger partial charge is 0.497 e. The molecule has 0 aromatic rings. The second-order valence-corrected chi connectivity index (χ2v) is 7.97. The summed E-state index contributed by atoms with van der Waals surface area (Å²) < 4.78 is 275. The fraction of sp³-hybridized carbons (Fsp3) is 1.00. The lowest BCUT2D eigenvalue weighted by Gasteiger charge is -2.35. The molecule has 0 aliphatic rings. The Morgan fingerprint density at radius 2 is 0.486 bits per heavy atom. The van der Waals surface area contributed by atoms with E-state index in [-0.39, 0.29) is 0 Å². The summed E-state index contributed by atoms with van der Waals surface area (Å²) in [5, 5.41) is 0. The van der Waals surface area contributed by atoms with Crippen molar-refractivity contribution in [1.29, 1.82) is 0 Å². The molecule has 224 valence electrons. The van der Waals surface area contributed by atoms with Crippen molar-refractivity contribution in [3.8, 4) is 0 Å². The highest BCUT2D eigenvalue weighted by atomic mass is 28.3. The fourth-order valence-electron chi connectivity index (χ4n) is 1.76. The summed E-state index contributed by atoms with van der Waals surface area (Å²) in [6.45, 7) is 0. The summed E-state index contributed by atoms with van der Waals surface area (Å²) >= 11 is 0. The predicted octanol–water partition coefficient (Wildman–Crippen LogP) is 7.29. The first kappa shape index (κ1) is 35.6. The van der Waals surface area contributed by atoms with Gasteiger partial charge in [0.15, 0.2) is 0 Å². The van der Waals surface area contributed by atoms with Gasteiger partial charge in [0.25, 0.3) is 0 Å². The fourth-order valence-corrected chi connectivity index (χ4v) is 3.14. The molecule has 0 aromatic carbocycles. The van der Waals surface area contributed by atoms with E-state index in [0.29, 0.717) is 0 Å². The first-order valence-electron chi connectivity index (χ1n) is 8.16. The zero-order valence-electron chi connectivity index (χ0n) is 16.4. The van der Waals surface area contributed by atoms with Gasteiger partial charge in [-0.15, -0.1) is 0 Å². The lowest BCUT2D eigenvalue weighted by atomic mass is 10.2. The zero-order valence-corrected chi connectivity index (χ0v) is 17.5. The Labute approximate surface area is 190 Å². The summed E-state index contributed by atoms with van der Waals surface area (Å²) in [4.78, 5) is 0. The molecule has 0 aliphatic carbocycles. The maximum absolute atomic E-state index is 13.4. The third kappa shape index (κ3) is 10.7.